The molecule has 0 amide bonds. The molecular weight excluding hydrogens is 381 g/mol. The van der Waals surface area contributed by atoms with Crippen molar-refractivity contribution in [1.82, 2.24) is 0 Å². The molecule has 2 aromatic rings. The van der Waals surface area contributed by atoms with Gasteiger partial charge in [-0.2, -0.15) is 13.2 Å². The van der Waals surface area contributed by atoms with Crippen molar-refractivity contribution in [3.05, 3.63) is 47.0 Å². The number of carbonyl (C=O) groups is 2. The number of phenols is 2. The predicted octanol–water partition coefficient (Wildman–Crippen LogP) is 3.73. The number of halogens is 3. The van der Waals surface area contributed by atoms with E-state index in [0.29, 0.717) is 0 Å². The molecule has 0 unspecified atom stereocenters. The van der Waals surface area contributed by atoms with Crippen LogP contribution in [0.25, 0.3) is 0 Å². The third-order valence-corrected chi connectivity index (χ3v) is 4.18. The van der Waals surface area contributed by atoms with Crippen LogP contribution in [0.5, 0.6) is 23.0 Å². The summed E-state index contributed by atoms with van der Waals surface area (Å²) in [7, 11) is 0. The number of phenolic OH excluding ortho intramolecular Hbond substituents is 2. The number of Topliss-reactive ketones (excluding diaryl/α,β-unsaturated/α-hetero) is 2. The zero-order chi connectivity index (χ0) is 20.5. The van der Waals surface area contributed by atoms with Crippen molar-refractivity contribution in [1.29, 1.82) is 0 Å². The molecular formula is C19H15F3O6. The topological polar surface area (TPSA) is 93.1 Å². The van der Waals surface area contributed by atoms with Crippen LogP contribution in [-0.4, -0.2) is 35.0 Å². The zero-order valence-electron chi connectivity index (χ0n) is 14.4. The average Bonchev–Trinajstić information content (AvgIpc) is 2.65. The molecule has 1 aliphatic rings. The van der Waals surface area contributed by atoms with Crippen LogP contribution >= 0.6 is 0 Å². The summed E-state index contributed by atoms with van der Waals surface area (Å²) in [6.45, 7) is 0.331. The van der Waals surface area contributed by atoms with Crippen LogP contribution < -0.4 is 9.47 Å². The van der Waals surface area contributed by atoms with Crippen LogP contribution in [0, 0.1) is 0 Å². The van der Waals surface area contributed by atoms with Crippen molar-refractivity contribution in [3.8, 4) is 23.0 Å². The number of fused-ring (bicyclic) bond motifs is 1. The van der Waals surface area contributed by atoms with Gasteiger partial charge in [0.15, 0.2) is 23.1 Å². The molecule has 0 saturated heterocycles. The first-order valence-corrected chi connectivity index (χ1v) is 8.27. The second kappa shape index (κ2) is 7.41. The lowest BCUT2D eigenvalue weighted by Crippen LogP contribution is -2.16. The Hall–Kier alpha value is -3.23. The van der Waals surface area contributed by atoms with Crippen LogP contribution in [-0.2, 0) is 6.18 Å². The summed E-state index contributed by atoms with van der Waals surface area (Å²) < 4.78 is 49.5. The summed E-state index contributed by atoms with van der Waals surface area (Å²) in [6, 6.07) is 5.38. The molecule has 0 aliphatic carbocycles. The molecule has 0 saturated carbocycles. The normalized spacial score (nSPS) is 13.2. The molecule has 9 heteroatoms. The molecule has 6 nitrogen and oxygen atoms in total. The smallest absolute Gasteiger partial charge is 0.417 e. The highest BCUT2D eigenvalue weighted by atomic mass is 19.4. The van der Waals surface area contributed by atoms with Crippen LogP contribution in [0.2, 0.25) is 0 Å². The fraction of sp³-hybridized carbons (Fsp3) is 0.263. The van der Waals surface area contributed by atoms with E-state index in [1.165, 1.54) is 6.07 Å². The van der Waals surface area contributed by atoms with E-state index in [1.807, 2.05) is 0 Å². The third kappa shape index (κ3) is 3.73. The molecule has 0 atom stereocenters. The van der Waals surface area contributed by atoms with Gasteiger partial charge in [0.05, 0.1) is 5.56 Å². The molecule has 1 aliphatic heterocycles. The molecule has 3 rings (SSSR count). The number of benzene rings is 2. The van der Waals surface area contributed by atoms with Crippen molar-refractivity contribution >= 4 is 11.6 Å². The SMILES string of the molecule is O=C(CCC(=O)c1c(O)cc2c(c1O)OCCO2)c1ccccc1C(F)(F)F. The fourth-order valence-electron chi connectivity index (χ4n) is 2.89. The Morgan fingerprint density at radius 2 is 1.64 bits per heavy atom. The number of alkyl halides is 3. The third-order valence-electron chi connectivity index (χ3n) is 4.18. The maximum Gasteiger partial charge on any atom is 0.417 e. The fourth-order valence-corrected chi connectivity index (χ4v) is 2.89. The molecule has 2 N–H and O–H groups in total. The summed E-state index contributed by atoms with van der Waals surface area (Å²) in [5.74, 6) is -2.95. The maximum atomic E-state index is 13.0. The van der Waals surface area contributed by atoms with Gasteiger partial charge in [-0.1, -0.05) is 18.2 Å². The second-order valence-electron chi connectivity index (χ2n) is 6.03. The molecule has 2 aromatic carbocycles. The molecule has 0 aromatic heterocycles. The lowest BCUT2D eigenvalue weighted by Gasteiger charge is -2.21. The van der Waals surface area contributed by atoms with Crippen molar-refractivity contribution in [2.24, 2.45) is 0 Å². The Bertz CT molecular complexity index is 936. The van der Waals surface area contributed by atoms with Gasteiger partial charge in [0.1, 0.15) is 24.5 Å². The summed E-state index contributed by atoms with van der Waals surface area (Å²) in [5, 5.41) is 20.2. The highest BCUT2D eigenvalue weighted by Gasteiger charge is 2.35. The standard InChI is InChI=1S/C19H15F3O6/c20-19(21,22)11-4-2-1-3-10(11)12(23)5-6-13(24)16-14(25)9-15-18(17(16)26)28-8-7-27-15/h1-4,9,25-26H,5-8H2. The molecule has 0 fully saturated rings. The average molecular weight is 396 g/mol. The zero-order valence-corrected chi connectivity index (χ0v) is 14.4. The highest BCUT2D eigenvalue weighted by molar-refractivity contribution is 6.06. The number of hydrogen-bond donors (Lipinski definition) is 2. The van der Waals surface area contributed by atoms with Crippen molar-refractivity contribution in [2.45, 2.75) is 19.0 Å². The van der Waals surface area contributed by atoms with Gasteiger partial charge >= 0.3 is 6.18 Å². The van der Waals surface area contributed by atoms with Crippen LogP contribution in [0.3, 0.4) is 0 Å². The van der Waals surface area contributed by atoms with E-state index in [2.05, 4.69) is 0 Å². The van der Waals surface area contributed by atoms with E-state index in [4.69, 9.17) is 9.47 Å². The second-order valence-corrected chi connectivity index (χ2v) is 6.03. The van der Waals surface area contributed by atoms with E-state index in [0.717, 1.165) is 24.3 Å². The van der Waals surface area contributed by atoms with E-state index in [9.17, 15) is 33.0 Å². The number of ketones is 2. The molecule has 148 valence electrons. The van der Waals surface area contributed by atoms with Gasteiger partial charge in [-0.25, -0.2) is 0 Å². The Morgan fingerprint density at radius 1 is 1.00 bits per heavy atom. The summed E-state index contributed by atoms with van der Waals surface area (Å²) in [4.78, 5) is 24.6. The highest BCUT2D eigenvalue weighted by Crippen LogP contribution is 2.46. The first-order valence-electron chi connectivity index (χ1n) is 8.27. The van der Waals surface area contributed by atoms with Gasteiger partial charge in [0.25, 0.3) is 0 Å². The largest absolute Gasteiger partial charge is 0.507 e. The lowest BCUT2D eigenvalue weighted by molar-refractivity contribution is -0.137. The van der Waals surface area contributed by atoms with Crippen molar-refractivity contribution in [2.75, 3.05) is 13.2 Å². The Morgan fingerprint density at radius 3 is 2.36 bits per heavy atom. The van der Waals surface area contributed by atoms with Gasteiger partial charge in [-0.05, 0) is 6.07 Å². The summed E-state index contributed by atoms with van der Waals surface area (Å²) in [5.41, 5.74) is -2.10. The predicted molar refractivity (Wildman–Crippen MR) is 90.1 cm³/mol. The molecule has 28 heavy (non-hydrogen) atoms. The van der Waals surface area contributed by atoms with Crippen molar-refractivity contribution < 1.29 is 42.4 Å². The molecule has 0 radical (unpaired) electrons. The van der Waals surface area contributed by atoms with Gasteiger partial charge in [0.2, 0.25) is 5.75 Å². The van der Waals surface area contributed by atoms with E-state index in [-0.39, 0.29) is 24.7 Å². The van der Waals surface area contributed by atoms with Crippen LogP contribution in [0.1, 0.15) is 39.1 Å². The first kappa shape index (κ1) is 19.5. The van der Waals surface area contributed by atoms with E-state index < -0.39 is 58.8 Å². The summed E-state index contributed by atoms with van der Waals surface area (Å²) in [6.07, 6.45) is -5.74. The van der Waals surface area contributed by atoms with Gasteiger partial charge in [-0.15, -0.1) is 0 Å². The minimum atomic E-state index is -4.71. The minimum Gasteiger partial charge on any atom is -0.507 e. The minimum absolute atomic E-state index is 0.0629. The quantitative estimate of drug-likeness (QED) is 0.748. The Labute approximate surface area is 157 Å². The monoisotopic (exact) mass is 396 g/mol. The van der Waals surface area contributed by atoms with Crippen LogP contribution in [0.4, 0.5) is 13.2 Å². The number of aromatic hydroxyl groups is 2. The Kier molecular flexibility index (Phi) is 5.17. The van der Waals surface area contributed by atoms with Gasteiger partial charge in [-0.3, -0.25) is 9.59 Å². The van der Waals surface area contributed by atoms with Gasteiger partial charge < -0.3 is 19.7 Å². The number of rotatable bonds is 5. The number of ether oxygens (including phenoxy) is 2. The van der Waals surface area contributed by atoms with E-state index in [1.54, 1.807) is 0 Å². The molecule has 0 bridgehead atoms. The van der Waals surface area contributed by atoms with Crippen molar-refractivity contribution in [3.63, 3.8) is 0 Å². The lowest BCUT2D eigenvalue weighted by atomic mass is 9.97. The molecule has 0 spiro atoms. The van der Waals surface area contributed by atoms with Gasteiger partial charge in [0, 0.05) is 24.5 Å². The first-order chi connectivity index (χ1) is 13.2. The number of hydrogen-bond acceptors (Lipinski definition) is 6. The summed E-state index contributed by atoms with van der Waals surface area (Å²) >= 11 is 0. The maximum absolute atomic E-state index is 13.0. The molecule has 1 heterocycles. The van der Waals surface area contributed by atoms with E-state index >= 15 is 0 Å². The number of carbonyl (C=O) groups excluding carboxylic acids is 2. The van der Waals surface area contributed by atoms with Crippen LogP contribution in [0.15, 0.2) is 30.3 Å². The Balaban J connectivity index is 1.80.